The second-order valence-corrected chi connectivity index (χ2v) is 13.3. The minimum Gasteiger partial charge on any atom is -0.367 e. The number of anilines is 1. The van der Waals surface area contributed by atoms with Crippen molar-refractivity contribution in [1.29, 1.82) is 0 Å². The molecule has 0 aliphatic carbocycles. The smallest absolute Gasteiger partial charge is 0.0801 e. The summed E-state index contributed by atoms with van der Waals surface area (Å²) in [7, 11) is 0. The summed E-state index contributed by atoms with van der Waals surface area (Å²) in [6.45, 7) is 11.5. The number of hydrogen-bond acceptors (Lipinski definition) is 2. The molecule has 0 bridgehead atoms. The lowest BCUT2D eigenvalue weighted by Crippen LogP contribution is -2.30. The zero-order valence-electron chi connectivity index (χ0n) is 28.4. The third-order valence-electron chi connectivity index (χ3n) is 9.44. The van der Waals surface area contributed by atoms with Gasteiger partial charge in [0.25, 0.3) is 0 Å². The van der Waals surface area contributed by atoms with Crippen molar-refractivity contribution in [2.75, 3.05) is 18.0 Å². The maximum Gasteiger partial charge on any atom is 0.0801 e. The van der Waals surface area contributed by atoms with Crippen molar-refractivity contribution >= 4 is 22.7 Å². The standard InChI is InChI=1S/C40H66N2/c1-5-9-13-17-21-25-34-31-38-39(42(33-34)30-24-20-16-12-8-4)29-28-37-35(26-22-18-14-10-6-2)32-36(41-40(37)38)27-23-19-15-11-7-3/h28-29,31-32H,5-27,30,33H2,1-4H3. The fraction of sp³-hybridized carbons (Fsp3) is 0.725. The maximum absolute atomic E-state index is 5.46. The molecule has 0 unspecified atom stereocenters. The van der Waals surface area contributed by atoms with E-state index in [1.807, 2.05) is 0 Å². The Morgan fingerprint density at radius 2 is 1.14 bits per heavy atom. The van der Waals surface area contributed by atoms with Gasteiger partial charge in [0.2, 0.25) is 0 Å². The van der Waals surface area contributed by atoms with Gasteiger partial charge in [-0.25, -0.2) is 0 Å². The van der Waals surface area contributed by atoms with Gasteiger partial charge in [0.05, 0.1) is 5.52 Å². The van der Waals surface area contributed by atoms with E-state index in [0.717, 1.165) is 13.0 Å². The minimum absolute atomic E-state index is 1.11. The summed E-state index contributed by atoms with van der Waals surface area (Å²) in [5.41, 5.74) is 8.68. The van der Waals surface area contributed by atoms with E-state index in [4.69, 9.17) is 4.98 Å². The minimum atomic E-state index is 1.11. The molecule has 2 heteroatoms. The number of rotatable bonds is 24. The summed E-state index contributed by atoms with van der Waals surface area (Å²) in [5, 5.41) is 1.42. The van der Waals surface area contributed by atoms with Crippen LogP contribution in [0, 0.1) is 0 Å². The van der Waals surface area contributed by atoms with Crippen LogP contribution in [0.15, 0.2) is 23.8 Å². The molecule has 0 amide bonds. The summed E-state index contributed by atoms with van der Waals surface area (Å²) >= 11 is 0. The van der Waals surface area contributed by atoms with Crippen molar-refractivity contribution in [3.05, 3.63) is 40.6 Å². The molecule has 42 heavy (non-hydrogen) atoms. The Balaban J connectivity index is 1.90. The monoisotopic (exact) mass is 575 g/mol. The van der Waals surface area contributed by atoms with Crippen LogP contribution in [0.4, 0.5) is 5.69 Å². The molecule has 0 N–H and O–H groups in total. The highest BCUT2D eigenvalue weighted by atomic mass is 15.1. The molecule has 0 saturated carbocycles. The Morgan fingerprint density at radius 3 is 1.76 bits per heavy atom. The molecule has 3 rings (SSSR count). The Morgan fingerprint density at radius 1 is 0.595 bits per heavy atom. The third kappa shape index (κ3) is 11.7. The fourth-order valence-corrected chi connectivity index (χ4v) is 6.81. The molecule has 0 spiro atoms. The lowest BCUT2D eigenvalue weighted by atomic mass is 9.92. The van der Waals surface area contributed by atoms with E-state index in [9.17, 15) is 0 Å². The van der Waals surface area contributed by atoms with Crippen LogP contribution in [-0.4, -0.2) is 18.1 Å². The summed E-state index contributed by atoms with van der Waals surface area (Å²) < 4.78 is 0. The quantitative estimate of drug-likeness (QED) is 0.116. The molecule has 236 valence electrons. The van der Waals surface area contributed by atoms with Crippen molar-refractivity contribution < 1.29 is 0 Å². The number of hydrogen-bond donors (Lipinski definition) is 0. The molecule has 1 aromatic carbocycles. The SMILES string of the molecule is CCCCCCCC1=Cc2c(ccc3c(CCCCCCC)cc(CCCCCCC)nc23)N(CCCCCCC)C1. The first-order valence-electron chi connectivity index (χ1n) is 18.6. The van der Waals surface area contributed by atoms with Crippen molar-refractivity contribution in [2.45, 2.75) is 175 Å². The van der Waals surface area contributed by atoms with Crippen LogP contribution < -0.4 is 4.90 Å². The van der Waals surface area contributed by atoms with Gasteiger partial charge in [-0.2, -0.15) is 0 Å². The molecule has 0 fully saturated rings. The Hall–Kier alpha value is -1.83. The highest BCUT2D eigenvalue weighted by Crippen LogP contribution is 2.37. The van der Waals surface area contributed by atoms with Crippen molar-refractivity contribution in [3.8, 4) is 0 Å². The topological polar surface area (TPSA) is 16.1 Å². The van der Waals surface area contributed by atoms with Crippen LogP contribution in [0.5, 0.6) is 0 Å². The lowest BCUT2D eigenvalue weighted by molar-refractivity contribution is 0.610. The predicted molar refractivity (Wildman–Crippen MR) is 189 cm³/mol. The molecular weight excluding hydrogens is 508 g/mol. The van der Waals surface area contributed by atoms with Gasteiger partial charge in [0, 0.05) is 35.4 Å². The fourth-order valence-electron chi connectivity index (χ4n) is 6.81. The van der Waals surface area contributed by atoms with Gasteiger partial charge in [-0.15, -0.1) is 0 Å². The molecule has 1 aromatic heterocycles. The average Bonchev–Trinajstić information content (AvgIpc) is 3.00. The van der Waals surface area contributed by atoms with Crippen LogP contribution in [0.3, 0.4) is 0 Å². The molecule has 0 saturated heterocycles. The van der Waals surface area contributed by atoms with Gasteiger partial charge in [0.1, 0.15) is 0 Å². The van der Waals surface area contributed by atoms with Gasteiger partial charge >= 0.3 is 0 Å². The zero-order valence-corrected chi connectivity index (χ0v) is 28.4. The Bertz CT molecular complexity index is 1040. The summed E-state index contributed by atoms with van der Waals surface area (Å²) in [6, 6.07) is 7.37. The maximum atomic E-state index is 5.46. The normalized spacial score (nSPS) is 13.1. The van der Waals surface area contributed by atoms with E-state index >= 15 is 0 Å². The number of unbranched alkanes of at least 4 members (excludes halogenated alkanes) is 16. The summed E-state index contributed by atoms with van der Waals surface area (Å²) in [6.07, 6.45) is 33.0. The highest BCUT2D eigenvalue weighted by molar-refractivity contribution is 5.96. The second kappa shape index (κ2) is 21.0. The van der Waals surface area contributed by atoms with Crippen molar-refractivity contribution in [3.63, 3.8) is 0 Å². The van der Waals surface area contributed by atoms with Gasteiger partial charge in [-0.3, -0.25) is 4.98 Å². The van der Waals surface area contributed by atoms with Crippen molar-refractivity contribution in [1.82, 2.24) is 4.98 Å². The van der Waals surface area contributed by atoms with Gasteiger partial charge < -0.3 is 4.90 Å². The van der Waals surface area contributed by atoms with E-state index in [2.05, 4.69) is 56.9 Å². The lowest BCUT2D eigenvalue weighted by Gasteiger charge is -2.32. The van der Waals surface area contributed by atoms with E-state index in [0.29, 0.717) is 0 Å². The number of fused-ring (bicyclic) bond motifs is 3. The molecule has 0 radical (unpaired) electrons. The highest BCUT2D eigenvalue weighted by Gasteiger charge is 2.21. The number of aryl methyl sites for hydroxylation is 2. The molecule has 0 atom stereocenters. The van der Waals surface area contributed by atoms with Gasteiger partial charge in [0.15, 0.2) is 0 Å². The van der Waals surface area contributed by atoms with Crippen LogP contribution in [0.25, 0.3) is 17.0 Å². The first-order valence-corrected chi connectivity index (χ1v) is 18.6. The van der Waals surface area contributed by atoms with E-state index in [-0.39, 0.29) is 0 Å². The largest absolute Gasteiger partial charge is 0.367 e. The molecule has 2 aromatic rings. The van der Waals surface area contributed by atoms with E-state index < -0.39 is 0 Å². The van der Waals surface area contributed by atoms with Crippen LogP contribution in [0.2, 0.25) is 0 Å². The second-order valence-electron chi connectivity index (χ2n) is 13.3. The van der Waals surface area contributed by atoms with Crippen LogP contribution in [0.1, 0.15) is 179 Å². The molecule has 1 aliphatic heterocycles. The molecule has 2 nitrogen and oxygen atoms in total. The molecule has 2 heterocycles. The van der Waals surface area contributed by atoms with Crippen LogP contribution in [-0.2, 0) is 12.8 Å². The number of aromatic nitrogens is 1. The predicted octanol–water partition coefficient (Wildman–Crippen LogP) is 12.8. The Labute approximate surface area is 261 Å². The van der Waals surface area contributed by atoms with Crippen LogP contribution >= 0.6 is 0 Å². The average molecular weight is 575 g/mol. The van der Waals surface area contributed by atoms with Crippen molar-refractivity contribution in [2.24, 2.45) is 0 Å². The molecule has 1 aliphatic rings. The number of nitrogens with zero attached hydrogens (tertiary/aromatic N) is 2. The summed E-state index contributed by atoms with van der Waals surface area (Å²) in [5.74, 6) is 0. The first-order chi connectivity index (χ1) is 20.7. The Kier molecular flexibility index (Phi) is 17.3. The first kappa shape index (κ1) is 34.7. The van der Waals surface area contributed by atoms with E-state index in [1.54, 1.807) is 11.1 Å². The number of benzene rings is 1. The van der Waals surface area contributed by atoms with E-state index in [1.165, 1.54) is 176 Å². The number of pyridine rings is 1. The summed E-state index contributed by atoms with van der Waals surface area (Å²) in [4.78, 5) is 8.18. The zero-order chi connectivity index (χ0) is 29.8. The van der Waals surface area contributed by atoms with Gasteiger partial charge in [-0.1, -0.05) is 142 Å². The van der Waals surface area contributed by atoms with Gasteiger partial charge in [-0.05, 0) is 68.7 Å². The third-order valence-corrected chi connectivity index (χ3v) is 9.44. The molecular formula is C40H66N2.